The monoisotopic (exact) mass is 239 g/mol. The molecule has 0 radical (unpaired) electrons. The summed E-state index contributed by atoms with van der Waals surface area (Å²) in [6, 6.07) is 4.24. The molecule has 1 aliphatic heterocycles. The van der Waals surface area contributed by atoms with Crippen molar-refractivity contribution in [3.8, 4) is 0 Å². The Kier molecular flexibility index (Phi) is 3.56. The fourth-order valence-electron chi connectivity index (χ4n) is 1.77. The average molecular weight is 239 g/mol. The van der Waals surface area contributed by atoms with Gasteiger partial charge in [0.15, 0.2) is 17.6 Å². The molecule has 5 heteroatoms. The number of likely N-dealkylation sites (N-methyl/N-ethyl adjacent to an activating group) is 1. The smallest absolute Gasteiger partial charge is 0.193 e. The number of nitrogens with one attached hydrogen (secondary N) is 1. The van der Waals surface area contributed by atoms with Crippen LogP contribution in [0.2, 0.25) is 0 Å². The van der Waals surface area contributed by atoms with Gasteiger partial charge >= 0.3 is 0 Å². The van der Waals surface area contributed by atoms with Gasteiger partial charge in [0, 0.05) is 20.1 Å². The molecule has 1 aromatic carbocycles. The molecule has 1 N–H and O–H groups in total. The molecular formula is C12H15F2N3. The Labute approximate surface area is 99.2 Å². The second kappa shape index (κ2) is 5.12. The van der Waals surface area contributed by atoms with Crippen LogP contribution < -0.4 is 5.32 Å². The predicted molar refractivity (Wildman–Crippen MR) is 63.0 cm³/mol. The van der Waals surface area contributed by atoms with Gasteiger partial charge in [-0.3, -0.25) is 4.99 Å². The summed E-state index contributed by atoms with van der Waals surface area (Å²) in [4.78, 5) is 6.25. The summed E-state index contributed by atoms with van der Waals surface area (Å²) in [5.74, 6) is -0.726. The molecule has 0 spiro atoms. The summed E-state index contributed by atoms with van der Waals surface area (Å²) in [5, 5.41) is 3.11. The summed E-state index contributed by atoms with van der Waals surface area (Å²) >= 11 is 0. The first kappa shape index (κ1) is 11.8. The van der Waals surface area contributed by atoms with Crippen molar-refractivity contribution in [3.05, 3.63) is 35.4 Å². The molecule has 0 aliphatic carbocycles. The van der Waals surface area contributed by atoms with Crippen LogP contribution in [0.4, 0.5) is 8.78 Å². The normalized spacial score (nSPS) is 15.0. The SMILES string of the molecule is CN1CCN=C1NCCc1cccc(F)c1F. The van der Waals surface area contributed by atoms with Gasteiger partial charge in [-0.1, -0.05) is 12.1 Å². The molecule has 3 nitrogen and oxygen atoms in total. The third kappa shape index (κ3) is 2.72. The van der Waals surface area contributed by atoms with E-state index in [1.165, 1.54) is 6.07 Å². The van der Waals surface area contributed by atoms with Gasteiger partial charge in [-0.25, -0.2) is 8.78 Å². The maximum atomic E-state index is 13.3. The van der Waals surface area contributed by atoms with E-state index in [0.29, 0.717) is 18.5 Å². The molecule has 0 aromatic heterocycles. The first-order valence-electron chi connectivity index (χ1n) is 5.61. The minimum Gasteiger partial charge on any atom is -0.356 e. The number of halogens is 2. The highest BCUT2D eigenvalue weighted by atomic mass is 19.2. The van der Waals surface area contributed by atoms with Gasteiger partial charge in [-0.15, -0.1) is 0 Å². The molecule has 0 atom stereocenters. The van der Waals surface area contributed by atoms with E-state index in [4.69, 9.17) is 0 Å². The van der Waals surface area contributed by atoms with E-state index >= 15 is 0 Å². The minimum absolute atomic E-state index is 0.388. The van der Waals surface area contributed by atoms with Crippen LogP contribution in [0.5, 0.6) is 0 Å². The second-order valence-corrected chi connectivity index (χ2v) is 4.02. The lowest BCUT2D eigenvalue weighted by Gasteiger charge is -2.15. The van der Waals surface area contributed by atoms with Crippen molar-refractivity contribution in [1.82, 2.24) is 10.2 Å². The fraction of sp³-hybridized carbons (Fsp3) is 0.417. The average Bonchev–Trinajstić information content (AvgIpc) is 2.71. The molecular weight excluding hydrogens is 224 g/mol. The van der Waals surface area contributed by atoms with Crippen LogP contribution in [0.15, 0.2) is 23.2 Å². The number of guanidine groups is 1. The zero-order valence-electron chi connectivity index (χ0n) is 9.71. The van der Waals surface area contributed by atoms with Crippen LogP contribution in [0, 0.1) is 11.6 Å². The van der Waals surface area contributed by atoms with Crippen molar-refractivity contribution < 1.29 is 8.78 Å². The first-order valence-corrected chi connectivity index (χ1v) is 5.61. The lowest BCUT2D eigenvalue weighted by molar-refractivity contribution is 0.496. The molecule has 0 bridgehead atoms. The third-order valence-electron chi connectivity index (χ3n) is 2.77. The van der Waals surface area contributed by atoms with E-state index in [2.05, 4.69) is 10.3 Å². The first-order chi connectivity index (χ1) is 8.18. The van der Waals surface area contributed by atoms with Gasteiger partial charge in [0.2, 0.25) is 0 Å². The highest BCUT2D eigenvalue weighted by Gasteiger charge is 2.12. The van der Waals surface area contributed by atoms with E-state index in [0.717, 1.165) is 25.1 Å². The van der Waals surface area contributed by atoms with Gasteiger partial charge in [-0.2, -0.15) is 0 Å². The number of hydrogen-bond donors (Lipinski definition) is 1. The van der Waals surface area contributed by atoms with Crippen LogP contribution in [0.25, 0.3) is 0 Å². The summed E-state index contributed by atoms with van der Waals surface area (Å²) in [6.07, 6.45) is 0.441. The zero-order valence-corrected chi connectivity index (χ0v) is 9.71. The molecule has 92 valence electrons. The molecule has 2 rings (SSSR count). The van der Waals surface area contributed by atoms with Crippen LogP contribution in [-0.2, 0) is 6.42 Å². The van der Waals surface area contributed by atoms with Crippen LogP contribution in [0.3, 0.4) is 0 Å². The standard InChI is InChI=1S/C12H15F2N3/c1-17-8-7-16-12(17)15-6-5-9-3-2-4-10(13)11(9)14/h2-4H,5-8H2,1H3,(H,15,16). The highest BCUT2D eigenvalue weighted by Crippen LogP contribution is 2.11. The lowest BCUT2D eigenvalue weighted by Crippen LogP contribution is -2.36. The van der Waals surface area contributed by atoms with Crippen LogP contribution in [0.1, 0.15) is 5.56 Å². The van der Waals surface area contributed by atoms with Crippen molar-refractivity contribution >= 4 is 5.96 Å². The van der Waals surface area contributed by atoms with Gasteiger partial charge in [-0.05, 0) is 18.1 Å². The molecule has 1 aromatic rings. The lowest BCUT2D eigenvalue weighted by atomic mass is 10.1. The highest BCUT2D eigenvalue weighted by molar-refractivity contribution is 5.81. The predicted octanol–water partition coefficient (Wildman–Crippen LogP) is 1.40. The number of hydrogen-bond acceptors (Lipinski definition) is 3. The Bertz CT molecular complexity index is 432. The van der Waals surface area contributed by atoms with E-state index in [1.807, 2.05) is 11.9 Å². The third-order valence-corrected chi connectivity index (χ3v) is 2.77. The molecule has 0 fully saturated rings. The van der Waals surface area contributed by atoms with Gasteiger partial charge in [0.25, 0.3) is 0 Å². The minimum atomic E-state index is -0.794. The van der Waals surface area contributed by atoms with E-state index in [1.54, 1.807) is 6.07 Å². The number of rotatable bonds is 3. The van der Waals surface area contributed by atoms with Gasteiger partial charge in [0.05, 0.1) is 6.54 Å². The topological polar surface area (TPSA) is 27.6 Å². The molecule has 0 unspecified atom stereocenters. The Morgan fingerprint density at radius 3 is 2.94 bits per heavy atom. The molecule has 0 saturated heterocycles. The van der Waals surface area contributed by atoms with E-state index in [-0.39, 0.29) is 0 Å². The van der Waals surface area contributed by atoms with Crippen molar-refractivity contribution in [2.24, 2.45) is 4.99 Å². The summed E-state index contributed by atoms with van der Waals surface area (Å²) in [7, 11) is 1.95. The van der Waals surface area contributed by atoms with E-state index in [9.17, 15) is 8.78 Å². The van der Waals surface area contributed by atoms with Crippen LogP contribution in [-0.4, -0.2) is 37.5 Å². The van der Waals surface area contributed by atoms with Gasteiger partial charge < -0.3 is 10.2 Å². The molecule has 17 heavy (non-hydrogen) atoms. The number of nitrogens with zero attached hydrogens (tertiary/aromatic N) is 2. The second-order valence-electron chi connectivity index (χ2n) is 4.02. The Hall–Kier alpha value is -1.65. The van der Waals surface area contributed by atoms with Crippen molar-refractivity contribution in [1.29, 1.82) is 0 Å². The fourth-order valence-corrected chi connectivity index (χ4v) is 1.77. The van der Waals surface area contributed by atoms with Crippen LogP contribution >= 0.6 is 0 Å². The Balaban J connectivity index is 1.88. The maximum absolute atomic E-state index is 13.3. The number of aliphatic imine (C=N–C) groups is 1. The summed E-state index contributed by atoms with van der Waals surface area (Å²) < 4.78 is 26.3. The van der Waals surface area contributed by atoms with Gasteiger partial charge in [0.1, 0.15) is 0 Å². The molecule has 0 saturated carbocycles. The Morgan fingerprint density at radius 1 is 1.41 bits per heavy atom. The van der Waals surface area contributed by atoms with E-state index < -0.39 is 11.6 Å². The maximum Gasteiger partial charge on any atom is 0.193 e. The van der Waals surface area contributed by atoms with Crippen molar-refractivity contribution in [2.45, 2.75) is 6.42 Å². The Morgan fingerprint density at radius 2 is 2.24 bits per heavy atom. The zero-order chi connectivity index (χ0) is 12.3. The quantitative estimate of drug-likeness (QED) is 0.863. The summed E-state index contributed by atoms with van der Waals surface area (Å²) in [5.41, 5.74) is 0.388. The molecule has 1 aliphatic rings. The summed E-state index contributed by atoms with van der Waals surface area (Å²) in [6.45, 7) is 2.23. The van der Waals surface area contributed by atoms with Crippen molar-refractivity contribution in [2.75, 3.05) is 26.7 Å². The van der Waals surface area contributed by atoms with Crippen molar-refractivity contribution in [3.63, 3.8) is 0 Å². The number of benzene rings is 1. The largest absolute Gasteiger partial charge is 0.356 e. The molecule has 0 amide bonds. The molecule has 1 heterocycles.